The lowest BCUT2D eigenvalue weighted by molar-refractivity contribution is -0.122. The first-order valence-electron chi connectivity index (χ1n) is 6.13. The topological polar surface area (TPSA) is 85.8 Å². The number of carbonyl (C=O) groups excluding carboxylic acids is 1. The molecule has 20 heavy (non-hydrogen) atoms. The molecule has 104 valence electrons. The zero-order valence-electron chi connectivity index (χ0n) is 11.7. The first-order chi connectivity index (χ1) is 9.40. The van der Waals surface area contributed by atoms with E-state index in [9.17, 15) is 4.79 Å². The number of guanidine groups is 1. The fourth-order valence-electron chi connectivity index (χ4n) is 1.88. The van der Waals surface area contributed by atoms with Crippen LogP contribution in [0.15, 0.2) is 34.9 Å². The minimum atomic E-state index is -0.374. The van der Waals surface area contributed by atoms with Gasteiger partial charge < -0.3 is 10.6 Å². The van der Waals surface area contributed by atoms with Crippen LogP contribution in [0.4, 0.5) is 5.69 Å². The highest BCUT2D eigenvalue weighted by Gasteiger charge is 2.29. The molecule has 1 aromatic carbocycles. The van der Waals surface area contributed by atoms with Crippen molar-refractivity contribution in [2.24, 2.45) is 10.8 Å². The number of nitrogens with two attached hydrogens (primary N) is 1. The van der Waals surface area contributed by atoms with E-state index < -0.39 is 0 Å². The van der Waals surface area contributed by atoms with E-state index in [2.05, 4.69) is 5.10 Å². The molecule has 1 heterocycles. The fraction of sp³-hybridized carbons (Fsp3) is 0.214. The predicted molar refractivity (Wildman–Crippen MR) is 80.6 cm³/mol. The van der Waals surface area contributed by atoms with Gasteiger partial charge in [0.15, 0.2) is 0 Å². The molecular formula is C14H17N5O. The number of hydrogen-bond acceptors (Lipinski definition) is 4. The average Bonchev–Trinajstić information content (AvgIpc) is 2.67. The van der Waals surface area contributed by atoms with Gasteiger partial charge in [-0.2, -0.15) is 10.1 Å². The largest absolute Gasteiger partial charge is 0.378 e. The van der Waals surface area contributed by atoms with E-state index in [1.807, 2.05) is 43.3 Å². The van der Waals surface area contributed by atoms with E-state index in [0.29, 0.717) is 11.3 Å². The van der Waals surface area contributed by atoms with Crippen molar-refractivity contribution in [3.05, 3.63) is 35.4 Å². The van der Waals surface area contributed by atoms with Crippen LogP contribution in [-0.4, -0.2) is 36.7 Å². The molecule has 0 fully saturated rings. The summed E-state index contributed by atoms with van der Waals surface area (Å²) in [6.45, 7) is 1.72. The van der Waals surface area contributed by atoms with Gasteiger partial charge in [-0.05, 0) is 30.7 Å². The van der Waals surface area contributed by atoms with E-state index >= 15 is 0 Å². The Hall–Kier alpha value is -2.63. The van der Waals surface area contributed by atoms with Gasteiger partial charge in [-0.25, -0.2) is 0 Å². The number of rotatable bonds is 2. The third-order valence-corrected chi connectivity index (χ3v) is 3.01. The van der Waals surface area contributed by atoms with E-state index in [4.69, 9.17) is 11.1 Å². The Morgan fingerprint density at radius 1 is 1.35 bits per heavy atom. The molecule has 1 aromatic rings. The second kappa shape index (κ2) is 5.16. The molecule has 0 aliphatic carbocycles. The van der Waals surface area contributed by atoms with Gasteiger partial charge in [0.25, 0.3) is 5.91 Å². The van der Waals surface area contributed by atoms with Crippen LogP contribution in [0.3, 0.4) is 0 Å². The molecule has 0 atom stereocenters. The van der Waals surface area contributed by atoms with Gasteiger partial charge in [-0.15, -0.1) is 0 Å². The summed E-state index contributed by atoms with van der Waals surface area (Å²) >= 11 is 0. The fourth-order valence-corrected chi connectivity index (χ4v) is 1.88. The smallest absolute Gasteiger partial charge is 0.283 e. The molecular weight excluding hydrogens is 254 g/mol. The number of hydrazone groups is 1. The summed E-state index contributed by atoms with van der Waals surface area (Å²) in [6.07, 6.45) is 1.75. The Bertz CT molecular complexity index is 613. The van der Waals surface area contributed by atoms with Gasteiger partial charge >= 0.3 is 0 Å². The number of hydrogen-bond donors (Lipinski definition) is 2. The average molecular weight is 271 g/mol. The summed E-state index contributed by atoms with van der Waals surface area (Å²) in [5, 5.41) is 12.2. The number of nitrogens with zero attached hydrogens (tertiary/aromatic N) is 3. The van der Waals surface area contributed by atoms with E-state index in [1.165, 1.54) is 0 Å². The lowest BCUT2D eigenvalue weighted by Crippen LogP contribution is -2.34. The van der Waals surface area contributed by atoms with Crippen molar-refractivity contribution in [2.45, 2.75) is 6.92 Å². The minimum Gasteiger partial charge on any atom is -0.378 e. The van der Waals surface area contributed by atoms with Crippen LogP contribution < -0.4 is 10.6 Å². The lowest BCUT2D eigenvalue weighted by atomic mass is 10.1. The normalized spacial score (nSPS) is 16.6. The Morgan fingerprint density at radius 2 is 1.95 bits per heavy atom. The third kappa shape index (κ3) is 2.54. The van der Waals surface area contributed by atoms with Crippen LogP contribution in [0.2, 0.25) is 0 Å². The van der Waals surface area contributed by atoms with Crippen molar-refractivity contribution >= 4 is 29.3 Å². The molecule has 0 saturated carbocycles. The number of amides is 1. The second-order valence-corrected chi connectivity index (χ2v) is 4.73. The Kier molecular flexibility index (Phi) is 3.56. The molecule has 6 heteroatoms. The van der Waals surface area contributed by atoms with Crippen LogP contribution in [-0.2, 0) is 4.79 Å². The highest BCUT2D eigenvalue weighted by Crippen LogP contribution is 2.19. The van der Waals surface area contributed by atoms with Gasteiger partial charge in [0, 0.05) is 19.8 Å². The molecule has 3 N–H and O–H groups in total. The van der Waals surface area contributed by atoms with Crippen molar-refractivity contribution in [3.63, 3.8) is 0 Å². The summed E-state index contributed by atoms with van der Waals surface area (Å²) in [7, 11) is 3.94. The second-order valence-electron chi connectivity index (χ2n) is 4.73. The summed E-state index contributed by atoms with van der Waals surface area (Å²) < 4.78 is 0. The molecule has 2 rings (SSSR count). The number of benzene rings is 1. The van der Waals surface area contributed by atoms with E-state index in [-0.39, 0.29) is 11.9 Å². The Morgan fingerprint density at radius 3 is 2.40 bits per heavy atom. The highest BCUT2D eigenvalue weighted by atomic mass is 16.2. The molecule has 1 amide bonds. The number of anilines is 1. The van der Waals surface area contributed by atoms with Gasteiger partial charge in [0.1, 0.15) is 0 Å². The summed E-state index contributed by atoms with van der Waals surface area (Å²) in [5.74, 6) is -0.743. The van der Waals surface area contributed by atoms with Crippen molar-refractivity contribution in [1.29, 1.82) is 5.41 Å². The van der Waals surface area contributed by atoms with Crippen LogP contribution in [0, 0.1) is 5.41 Å². The molecule has 6 nitrogen and oxygen atoms in total. The molecule has 0 spiro atoms. The first kappa shape index (κ1) is 13.8. The zero-order chi connectivity index (χ0) is 14.9. The number of carbonyl (C=O) groups is 1. The molecule has 1 aliphatic rings. The molecule has 0 bridgehead atoms. The third-order valence-electron chi connectivity index (χ3n) is 3.01. The van der Waals surface area contributed by atoms with Gasteiger partial charge in [0.2, 0.25) is 5.96 Å². The van der Waals surface area contributed by atoms with Crippen LogP contribution >= 0.6 is 0 Å². The molecule has 0 radical (unpaired) electrons. The highest BCUT2D eigenvalue weighted by molar-refractivity contribution is 6.29. The van der Waals surface area contributed by atoms with Gasteiger partial charge in [-0.1, -0.05) is 12.1 Å². The summed E-state index contributed by atoms with van der Waals surface area (Å²) in [6, 6.07) is 7.81. The van der Waals surface area contributed by atoms with Crippen molar-refractivity contribution in [3.8, 4) is 0 Å². The van der Waals surface area contributed by atoms with E-state index in [0.717, 1.165) is 16.3 Å². The Labute approximate surface area is 117 Å². The SMILES string of the molecule is CC1=NN(C(=N)N)C(=O)C1=Cc1ccc(N(C)C)cc1. The molecule has 0 aromatic heterocycles. The quantitative estimate of drug-likeness (QED) is 0.482. The number of nitrogens with one attached hydrogen (secondary N) is 1. The Balaban J connectivity index is 2.30. The first-order valence-corrected chi connectivity index (χ1v) is 6.13. The lowest BCUT2D eigenvalue weighted by Gasteiger charge is -2.12. The minimum absolute atomic E-state index is 0.369. The van der Waals surface area contributed by atoms with Gasteiger partial charge in [-0.3, -0.25) is 10.2 Å². The van der Waals surface area contributed by atoms with Crippen LogP contribution in [0.1, 0.15) is 12.5 Å². The zero-order valence-corrected chi connectivity index (χ0v) is 11.7. The standard InChI is InChI=1S/C14H17N5O/c1-9-12(13(20)19(17-9)14(15)16)8-10-4-6-11(7-5-10)18(2)3/h4-8H,1-3H3,(H3,15,16). The monoisotopic (exact) mass is 271 g/mol. The van der Waals surface area contributed by atoms with Crippen molar-refractivity contribution in [1.82, 2.24) is 5.01 Å². The van der Waals surface area contributed by atoms with Crippen molar-refractivity contribution < 1.29 is 4.79 Å². The van der Waals surface area contributed by atoms with E-state index in [1.54, 1.807) is 13.0 Å². The summed E-state index contributed by atoms with van der Waals surface area (Å²) in [4.78, 5) is 14.1. The maximum Gasteiger partial charge on any atom is 0.283 e. The maximum absolute atomic E-state index is 12.1. The van der Waals surface area contributed by atoms with Gasteiger partial charge in [0.05, 0.1) is 11.3 Å². The van der Waals surface area contributed by atoms with Crippen LogP contribution in [0.5, 0.6) is 0 Å². The summed E-state index contributed by atoms with van der Waals surface area (Å²) in [5.41, 5.74) is 8.31. The molecule has 1 aliphatic heterocycles. The van der Waals surface area contributed by atoms with Crippen molar-refractivity contribution in [2.75, 3.05) is 19.0 Å². The maximum atomic E-state index is 12.1. The van der Waals surface area contributed by atoms with Crippen LogP contribution in [0.25, 0.3) is 6.08 Å². The predicted octanol–water partition coefficient (Wildman–Crippen LogP) is 1.25. The molecule has 0 saturated heterocycles. The molecule has 0 unspecified atom stereocenters.